The molecule has 1 aromatic heterocycles. The molecule has 2 aromatic rings. The van der Waals surface area contributed by atoms with Crippen molar-refractivity contribution in [2.45, 2.75) is 4.90 Å². The molecule has 0 atom stereocenters. The van der Waals surface area contributed by atoms with Crippen LogP contribution in [0.25, 0.3) is 0 Å². The van der Waals surface area contributed by atoms with Crippen molar-refractivity contribution in [3.05, 3.63) is 30.6 Å². The SMILES string of the molecule is COc1cc(N)c(S(=O)(=O)Nc2ncccn2)c(OC)c1. The predicted molar refractivity (Wildman–Crippen MR) is 76.8 cm³/mol. The van der Waals surface area contributed by atoms with Crippen molar-refractivity contribution in [2.75, 3.05) is 24.7 Å². The average molecular weight is 310 g/mol. The van der Waals surface area contributed by atoms with E-state index >= 15 is 0 Å². The van der Waals surface area contributed by atoms with Crippen LogP contribution in [-0.2, 0) is 10.0 Å². The number of hydrogen-bond acceptors (Lipinski definition) is 7. The third kappa shape index (κ3) is 3.14. The molecule has 0 bridgehead atoms. The number of sulfonamides is 1. The Morgan fingerprint density at radius 3 is 2.38 bits per heavy atom. The van der Waals surface area contributed by atoms with Gasteiger partial charge in [0, 0.05) is 24.5 Å². The molecule has 8 nitrogen and oxygen atoms in total. The zero-order chi connectivity index (χ0) is 15.5. The second-order valence-corrected chi connectivity index (χ2v) is 5.55. The van der Waals surface area contributed by atoms with Gasteiger partial charge in [0.25, 0.3) is 10.0 Å². The summed E-state index contributed by atoms with van der Waals surface area (Å²) < 4.78 is 37.2. The molecule has 9 heteroatoms. The number of nitrogens with one attached hydrogen (secondary N) is 1. The highest BCUT2D eigenvalue weighted by Gasteiger charge is 2.25. The molecule has 0 aliphatic rings. The highest BCUT2D eigenvalue weighted by atomic mass is 32.2. The summed E-state index contributed by atoms with van der Waals surface area (Å²) in [6, 6.07) is 4.39. The monoisotopic (exact) mass is 310 g/mol. The summed E-state index contributed by atoms with van der Waals surface area (Å²) in [6.07, 6.45) is 2.83. The largest absolute Gasteiger partial charge is 0.497 e. The van der Waals surface area contributed by atoms with Gasteiger partial charge in [0.1, 0.15) is 11.5 Å². The van der Waals surface area contributed by atoms with Crippen LogP contribution in [0.5, 0.6) is 11.5 Å². The van der Waals surface area contributed by atoms with Gasteiger partial charge in [-0.2, -0.15) is 0 Å². The fourth-order valence-corrected chi connectivity index (χ4v) is 2.90. The molecule has 21 heavy (non-hydrogen) atoms. The van der Waals surface area contributed by atoms with Crippen LogP contribution in [-0.4, -0.2) is 32.6 Å². The molecular formula is C12H14N4O4S. The fraction of sp³-hybridized carbons (Fsp3) is 0.167. The van der Waals surface area contributed by atoms with Gasteiger partial charge in [-0.3, -0.25) is 0 Å². The number of nitrogens with zero attached hydrogens (tertiary/aromatic N) is 2. The molecule has 0 saturated heterocycles. The van der Waals surface area contributed by atoms with Crippen LogP contribution in [0.15, 0.2) is 35.5 Å². The van der Waals surface area contributed by atoms with Crippen LogP contribution in [0.1, 0.15) is 0 Å². The maximum Gasteiger partial charge on any atom is 0.269 e. The summed E-state index contributed by atoms with van der Waals surface area (Å²) in [5.74, 6) is 0.393. The van der Waals surface area contributed by atoms with Crippen molar-refractivity contribution in [2.24, 2.45) is 0 Å². The van der Waals surface area contributed by atoms with Crippen molar-refractivity contribution in [3.63, 3.8) is 0 Å². The lowest BCUT2D eigenvalue weighted by Crippen LogP contribution is -2.17. The lowest BCUT2D eigenvalue weighted by atomic mass is 10.3. The van der Waals surface area contributed by atoms with Crippen LogP contribution >= 0.6 is 0 Å². The van der Waals surface area contributed by atoms with Gasteiger partial charge in [0.15, 0.2) is 4.90 Å². The molecule has 112 valence electrons. The Morgan fingerprint density at radius 1 is 1.14 bits per heavy atom. The molecule has 0 fully saturated rings. The quantitative estimate of drug-likeness (QED) is 0.787. The molecule has 0 aliphatic heterocycles. The molecule has 0 amide bonds. The Labute approximate surface area is 122 Å². The Kier molecular flexibility index (Phi) is 4.13. The van der Waals surface area contributed by atoms with Crippen LogP contribution in [0.3, 0.4) is 0 Å². The zero-order valence-electron chi connectivity index (χ0n) is 11.4. The number of nitrogen functional groups attached to an aromatic ring is 1. The lowest BCUT2D eigenvalue weighted by Gasteiger charge is -2.14. The second kappa shape index (κ2) is 5.83. The smallest absolute Gasteiger partial charge is 0.269 e. The van der Waals surface area contributed by atoms with Gasteiger partial charge in [-0.15, -0.1) is 0 Å². The Morgan fingerprint density at radius 2 is 1.81 bits per heavy atom. The average Bonchev–Trinajstić information content (AvgIpc) is 2.46. The van der Waals surface area contributed by atoms with Crippen LogP contribution < -0.4 is 19.9 Å². The third-order valence-corrected chi connectivity index (χ3v) is 4.00. The summed E-state index contributed by atoms with van der Waals surface area (Å²) in [4.78, 5) is 7.41. The topological polar surface area (TPSA) is 116 Å². The highest BCUT2D eigenvalue weighted by Crippen LogP contribution is 2.34. The standard InChI is InChI=1S/C12H14N4O4S/c1-19-8-6-9(13)11(10(7-8)20-2)21(17,18)16-12-14-4-3-5-15-12/h3-7H,13H2,1-2H3,(H,14,15,16). The first-order valence-corrected chi connectivity index (χ1v) is 7.27. The van der Waals surface area contributed by atoms with E-state index in [1.807, 2.05) is 0 Å². The van der Waals surface area contributed by atoms with E-state index in [4.69, 9.17) is 15.2 Å². The normalized spacial score (nSPS) is 11.0. The van der Waals surface area contributed by atoms with Crippen molar-refractivity contribution in [3.8, 4) is 11.5 Å². The predicted octanol–water partition coefficient (Wildman–Crippen LogP) is 0.877. The Balaban J connectivity index is 2.49. The molecule has 0 aliphatic carbocycles. The van der Waals surface area contributed by atoms with E-state index in [0.717, 1.165) is 0 Å². The van der Waals surface area contributed by atoms with E-state index in [9.17, 15) is 8.42 Å². The molecule has 0 saturated carbocycles. The first kappa shape index (κ1) is 14.9. The van der Waals surface area contributed by atoms with E-state index in [-0.39, 0.29) is 22.3 Å². The Bertz CT molecular complexity index is 734. The number of aromatic nitrogens is 2. The van der Waals surface area contributed by atoms with Crippen molar-refractivity contribution < 1.29 is 17.9 Å². The van der Waals surface area contributed by atoms with Crippen LogP contribution in [0.2, 0.25) is 0 Å². The number of hydrogen-bond donors (Lipinski definition) is 2. The number of anilines is 2. The minimum Gasteiger partial charge on any atom is -0.497 e. The van der Waals surface area contributed by atoms with Gasteiger partial charge in [0.2, 0.25) is 5.95 Å². The summed E-state index contributed by atoms with van der Waals surface area (Å²) >= 11 is 0. The van der Waals surface area contributed by atoms with E-state index in [1.165, 1.54) is 38.7 Å². The van der Waals surface area contributed by atoms with Gasteiger partial charge in [-0.25, -0.2) is 23.1 Å². The number of rotatable bonds is 5. The highest BCUT2D eigenvalue weighted by molar-refractivity contribution is 7.93. The van der Waals surface area contributed by atoms with Crippen LogP contribution in [0.4, 0.5) is 11.6 Å². The van der Waals surface area contributed by atoms with Crippen molar-refractivity contribution in [1.82, 2.24) is 9.97 Å². The number of ether oxygens (including phenoxy) is 2. The minimum atomic E-state index is -3.99. The molecule has 1 aromatic carbocycles. The van der Waals surface area contributed by atoms with Crippen molar-refractivity contribution in [1.29, 1.82) is 0 Å². The van der Waals surface area contributed by atoms with Gasteiger partial charge in [-0.05, 0) is 6.07 Å². The van der Waals surface area contributed by atoms with Gasteiger partial charge >= 0.3 is 0 Å². The van der Waals surface area contributed by atoms with Gasteiger partial charge in [-0.1, -0.05) is 0 Å². The molecule has 3 N–H and O–H groups in total. The Hall–Kier alpha value is -2.55. The van der Waals surface area contributed by atoms with Crippen molar-refractivity contribution >= 4 is 21.7 Å². The molecule has 0 unspecified atom stereocenters. The molecule has 0 spiro atoms. The lowest BCUT2D eigenvalue weighted by molar-refractivity contribution is 0.387. The third-order valence-electron chi connectivity index (χ3n) is 2.57. The zero-order valence-corrected chi connectivity index (χ0v) is 12.2. The van der Waals surface area contributed by atoms with Crippen LogP contribution in [0, 0.1) is 0 Å². The van der Waals surface area contributed by atoms with E-state index in [2.05, 4.69) is 14.7 Å². The summed E-state index contributed by atoms with van der Waals surface area (Å²) in [5, 5.41) is 0. The number of methoxy groups -OCH3 is 2. The molecular weight excluding hydrogens is 296 g/mol. The number of nitrogens with two attached hydrogens (primary N) is 1. The summed E-state index contributed by atoms with van der Waals surface area (Å²) in [7, 11) is -1.21. The molecule has 1 heterocycles. The second-order valence-electron chi connectivity index (χ2n) is 3.93. The maximum atomic E-state index is 12.4. The van der Waals surface area contributed by atoms with E-state index in [1.54, 1.807) is 6.07 Å². The minimum absolute atomic E-state index is 0.00497. The van der Waals surface area contributed by atoms with E-state index in [0.29, 0.717) is 5.75 Å². The van der Waals surface area contributed by atoms with E-state index < -0.39 is 10.0 Å². The summed E-state index contributed by atoms with van der Waals surface area (Å²) in [5.41, 5.74) is 5.79. The van der Waals surface area contributed by atoms with Gasteiger partial charge in [0.05, 0.1) is 19.9 Å². The number of benzene rings is 1. The maximum absolute atomic E-state index is 12.4. The summed E-state index contributed by atoms with van der Waals surface area (Å²) in [6.45, 7) is 0. The fourth-order valence-electron chi connectivity index (χ4n) is 1.68. The molecule has 2 rings (SSSR count). The molecule has 0 radical (unpaired) electrons. The first-order valence-electron chi connectivity index (χ1n) is 5.79. The first-order chi connectivity index (χ1) is 9.97. The van der Waals surface area contributed by atoms with Gasteiger partial charge < -0.3 is 15.2 Å².